The summed E-state index contributed by atoms with van der Waals surface area (Å²) < 4.78 is 5.57. The van der Waals surface area contributed by atoms with E-state index in [0.29, 0.717) is 6.10 Å². The summed E-state index contributed by atoms with van der Waals surface area (Å²) in [6, 6.07) is 7.53. The van der Waals surface area contributed by atoms with E-state index in [2.05, 4.69) is 32.0 Å². The van der Waals surface area contributed by atoms with Gasteiger partial charge in [0.15, 0.2) is 0 Å². The fraction of sp³-hybridized carbons (Fsp3) is 0.806. The predicted octanol–water partition coefficient (Wildman–Crippen LogP) is 9.33. The molecule has 3 fully saturated rings. The summed E-state index contributed by atoms with van der Waals surface area (Å²) >= 11 is 0. The van der Waals surface area contributed by atoms with E-state index >= 15 is 0 Å². The van der Waals surface area contributed by atoms with E-state index in [1.165, 1.54) is 103 Å². The first-order valence-corrected chi connectivity index (χ1v) is 14.3. The van der Waals surface area contributed by atoms with Crippen molar-refractivity contribution in [2.24, 2.45) is 17.8 Å². The largest absolute Gasteiger partial charge is 0.381 e. The first-order valence-electron chi connectivity index (χ1n) is 14.3. The monoisotopic (exact) mass is 438 g/mol. The lowest BCUT2D eigenvalue weighted by Gasteiger charge is -2.38. The molecule has 1 aromatic carbocycles. The standard InChI is InChI=1S/C31H50O/c1-4-5-6-7-24-8-10-25(11-9-24)26-12-14-28(15-13-26)31-21-18-29(22-23(31)2)27-16-19-30(32-3)20-17-27/h18,21-22,24-28,30H,4-17,19-20H2,1-3H3. The van der Waals surface area contributed by atoms with Gasteiger partial charge in [0.25, 0.3) is 0 Å². The summed E-state index contributed by atoms with van der Waals surface area (Å²) in [6.07, 6.45) is 23.3. The van der Waals surface area contributed by atoms with E-state index in [-0.39, 0.29) is 0 Å². The third-order valence-electron chi connectivity index (χ3n) is 9.76. The lowest BCUT2D eigenvalue weighted by Crippen LogP contribution is -2.25. The molecule has 1 heteroatoms. The van der Waals surface area contributed by atoms with Crippen LogP contribution in [0, 0.1) is 24.7 Å². The van der Waals surface area contributed by atoms with Gasteiger partial charge in [0.1, 0.15) is 0 Å². The van der Waals surface area contributed by atoms with Crippen molar-refractivity contribution in [3.05, 3.63) is 34.9 Å². The molecular weight excluding hydrogens is 388 g/mol. The molecule has 32 heavy (non-hydrogen) atoms. The highest BCUT2D eigenvalue weighted by molar-refractivity contribution is 5.35. The van der Waals surface area contributed by atoms with E-state index in [1.54, 1.807) is 16.7 Å². The van der Waals surface area contributed by atoms with Gasteiger partial charge >= 0.3 is 0 Å². The number of unbranched alkanes of at least 4 members (excludes halogenated alkanes) is 2. The number of methoxy groups -OCH3 is 1. The van der Waals surface area contributed by atoms with Crippen molar-refractivity contribution >= 4 is 0 Å². The number of benzene rings is 1. The summed E-state index contributed by atoms with van der Waals surface area (Å²) in [7, 11) is 1.87. The van der Waals surface area contributed by atoms with Crippen molar-refractivity contribution in [3.63, 3.8) is 0 Å². The van der Waals surface area contributed by atoms with Gasteiger partial charge in [-0.1, -0.05) is 63.6 Å². The van der Waals surface area contributed by atoms with Crippen molar-refractivity contribution in [2.75, 3.05) is 7.11 Å². The van der Waals surface area contributed by atoms with Crippen LogP contribution < -0.4 is 0 Å². The predicted molar refractivity (Wildman–Crippen MR) is 137 cm³/mol. The summed E-state index contributed by atoms with van der Waals surface area (Å²) in [5, 5.41) is 0. The van der Waals surface area contributed by atoms with Crippen LogP contribution in [0.5, 0.6) is 0 Å². The van der Waals surface area contributed by atoms with E-state index in [0.717, 1.165) is 29.6 Å². The van der Waals surface area contributed by atoms with Crippen molar-refractivity contribution in [1.82, 2.24) is 0 Å². The fourth-order valence-electron chi connectivity index (χ4n) is 7.58. The van der Waals surface area contributed by atoms with Crippen molar-refractivity contribution in [2.45, 2.75) is 135 Å². The third kappa shape index (κ3) is 6.19. The minimum absolute atomic E-state index is 0.498. The molecule has 0 amide bonds. The molecule has 0 bridgehead atoms. The van der Waals surface area contributed by atoms with E-state index in [9.17, 15) is 0 Å². The molecular formula is C31H50O. The first kappa shape index (κ1) is 24.3. The lowest BCUT2D eigenvalue weighted by molar-refractivity contribution is 0.0658. The molecule has 180 valence electrons. The Morgan fingerprint density at radius 3 is 1.97 bits per heavy atom. The molecule has 0 spiro atoms. The molecule has 3 aliphatic carbocycles. The molecule has 0 heterocycles. The molecule has 0 radical (unpaired) electrons. The van der Waals surface area contributed by atoms with Gasteiger partial charge in [-0.3, -0.25) is 0 Å². The highest BCUT2D eigenvalue weighted by Gasteiger charge is 2.31. The number of hydrogen-bond acceptors (Lipinski definition) is 1. The molecule has 0 atom stereocenters. The Morgan fingerprint density at radius 1 is 0.750 bits per heavy atom. The maximum Gasteiger partial charge on any atom is 0.0571 e. The Bertz CT molecular complexity index is 670. The normalized spacial score (nSPS) is 33.8. The first-order chi connectivity index (χ1) is 15.7. The smallest absolute Gasteiger partial charge is 0.0571 e. The van der Waals surface area contributed by atoms with Crippen LogP contribution in [0.25, 0.3) is 0 Å². The Kier molecular flexibility index (Phi) is 9.15. The van der Waals surface area contributed by atoms with Gasteiger partial charge in [0, 0.05) is 7.11 Å². The van der Waals surface area contributed by atoms with Crippen LogP contribution in [0.4, 0.5) is 0 Å². The number of hydrogen-bond donors (Lipinski definition) is 0. The highest BCUT2D eigenvalue weighted by atomic mass is 16.5. The van der Waals surface area contributed by atoms with Gasteiger partial charge in [0.2, 0.25) is 0 Å². The molecule has 1 nitrogen and oxygen atoms in total. The summed E-state index contributed by atoms with van der Waals surface area (Å²) in [6.45, 7) is 4.71. The second-order valence-corrected chi connectivity index (χ2v) is 11.7. The van der Waals surface area contributed by atoms with Crippen molar-refractivity contribution in [1.29, 1.82) is 0 Å². The van der Waals surface area contributed by atoms with Gasteiger partial charge in [0.05, 0.1) is 6.10 Å². The summed E-state index contributed by atoms with van der Waals surface area (Å²) in [5.41, 5.74) is 4.81. The average Bonchev–Trinajstić information content (AvgIpc) is 2.85. The van der Waals surface area contributed by atoms with Crippen molar-refractivity contribution < 1.29 is 4.74 Å². The zero-order valence-electron chi connectivity index (χ0n) is 21.4. The second kappa shape index (κ2) is 12.0. The van der Waals surface area contributed by atoms with Gasteiger partial charge < -0.3 is 4.74 Å². The maximum atomic E-state index is 5.57. The van der Waals surface area contributed by atoms with Crippen LogP contribution in [-0.2, 0) is 4.74 Å². The molecule has 4 rings (SSSR count). The van der Waals surface area contributed by atoms with E-state index in [4.69, 9.17) is 4.74 Å². The van der Waals surface area contributed by atoms with Crippen molar-refractivity contribution in [3.8, 4) is 0 Å². The Labute approximate surface area is 199 Å². The molecule has 0 saturated heterocycles. The van der Waals surface area contributed by atoms with Gasteiger partial charge in [-0.2, -0.15) is 0 Å². The minimum atomic E-state index is 0.498. The minimum Gasteiger partial charge on any atom is -0.381 e. The van der Waals surface area contributed by atoms with Gasteiger partial charge in [-0.15, -0.1) is 0 Å². The average molecular weight is 439 g/mol. The van der Waals surface area contributed by atoms with E-state index in [1.807, 2.05) is 7.11 Å². The van der Waals surface area contributed by atoms with Crippen LogP contribution in [0.2, 0.25) is 0 Å². The molecule has 3 aliphatic rings. The Hall–Kier alpha value is -0.820. The molecule has 0 aromatic heterocycles. The van der Waals surface area contributed by atoms with Crippen LogP contribution in [0.3, 0.4) is 0 Å². The fourth-order valence-corrected chi connectivity index (χ4v) is 7.58. The number of rotatable bonds is 8. The topological polar surface area (TPSA) is 9.23 Å². The molecule has 3 saturated carbocycles. The van der Waals surface area contributed by atoms with Gasteiger partial charge in [-0.25, -0.2) is 0 Å². The van der Waals surface area contributed by atoms with Gasteiger partial charge in [-0.05, 0) is 117 Å². The van der Waals surface area contributed by atoms with Crippen LogP contribution in [0.1, 0.15) is 138 Å². The SMILES string of the molecule is CCCCCC1CCC(C2CCC(c3ccc(C4CCC(OC)CC4)cc3C)CC2)CC1. The summed E-state index contributed by atoms with van der Waals surface area (Å²) in [5.74, 6) is 4.69. The van der Waals surface area contributed by atoms with E-state index < -0.39 is 0 Å². The zero-order chi connectivity index (χ0) is 22.3. The molecule has 0 unspecified atom stereocenters. The van der Waals surface area contributed by atoms with Crippen LogP contribution in [0.15, 0.2) is 18.2 Å². The number of ether oxygens (including phenoxy) is 1. The number of aryl methyl sites for hydroxylation is 1. The third-order valence-corrected chi connectivity index (χ3v) is 9.76. The highest BCUT2D eigenvalue weighted by Crippen LogP contribution is 2.45. The zero-order valence-corrected chi connectivity index (χ0v) is 21.4. The maximum absolute atomic E-state index is 5.57. The second-order valence-electron chi connectivity index (χ2n) is 11.7. The molecule has 0 N–H and O–H groups in total. The Morgan fingerprint density at radius 2 is 1.38 bits per heavy atom. The summed E-state index contributed by atoms with van der Waals surface area (Å²) in [4.78, 5) is 0. The van der Waals surface area contributed by atoms with Crippen LogP contribution in [-0.4, -0.2) is 13.2 Å². The quantitative estimate of drug-likeness (QED) is 0.367. The molecule has 0 aliphatic heterocycles. The molecule has 1 aromatic rings. The Balaban J connectivity index is 1.24. The lowest BCUT2D eigenvalue weighted by atomic mass is 9.67. The van der Waals surface area contributed by atoms with Crippen LogP contribution >= 0.6 is 0 Å².